The van der Waals surface area contributed by atoms with Gasteiger partial charge in [-0.05, 0) is 36.9 Å². The van der Waals surface area contributed by atoms with Crippen LogP contribution in [0.15, 0.2) is 18.2 Å². The van der Waals surface area contributed by atoms with Gasteiger partial charge in [0.15, 0.2) is 0 Å². The van der Waals surface area contributed by atoms with Crippen LogP contribution in [0, 0.1) is 11.7 Å². The first kappa shape index (κ1) is 13.8. The van der Waals surface area contributed by atoms with Crippen molar-refractivity contribution in [2.75, 3.05) is 6.54 Å². The average molecular weight is 270 g/mol. The van der Waals surface area contributed by atoms with Crippen molar-refractivity contribution in [3.05, 3.63) is 34.6 Å². The molecule has 2 rings (SSSR count). The second kappa shape index (κ2) is 6.53. The summed E-state index contributed by atoms with van der Waals surface area (Å²) >= 11 is 5.82. The Labute approximate surface area is 114 Å². The van der Waals surface area contributed by atoms with Crippen LogP contribution in [-0.2, 0) is 6.42 Å². The molecule has 1 unspecified atom stereocenters. The summed E-state index contributed by atoms with van der Waals surface area (Å²) in [5.74, 6) is 0.576. The van der Waals surface area contributed by atoms with Gasteiger partial charge in [0.25, 0.3) is 0 Å². The molecule has 0 amide bonds. The number of halogens is 2. The molecule has 1 aromatic rings. The highest BCUT2D eigenvalue weighted by molar-refractivity contribution is 6.30. The quantitative estimate of drug-likeness (QED) is 0.817. The molecule has 1 aliphatic rings. The molecule has 1 nitrogen and oxygen atoms in total. The van der Waals surface area contributed by atoms with E-state index in [1.54, 1.807) is 6.07 Å². The minimum absolute atomic E-state index is 0.228. The van der Waals surface area contributed by atoms with Crippen molar-refractivity contribution in [2.24, 2.45) is 5.92 Å². The van der Waals surface area contributed by atoms with E-state index in [1.165, 1.54) is 19.3 Å². The summed E-state index contributed by atoms with van der Waals surface area (Å²) in [5, 5.41) is 3.70. The fourth-order valence-corrected chi connectivity index (χ4v) is 2.82. The highest BCUT2D eigenvalue weighted by Crippen LogP contribution is 2.31. The average Bonchev–Trinajstić information content (AvgIpc) is 2.30. The summed E-state index contributed by atoms with van der Waals surface area (Å²) in [5.41, 5.74) is 0.729. The molecule has 1 aromatic carbocycles. The van der Waals surface area contributed by atoms with Gasteiger partial charge >= 0.3 is 0 Å². The van der Waals surface area contributed by atoms with Crippen LogP contribution in [-0.4, -0.2) is 12.6 Å². The van der Waals surface area contributed by atoms with E-state index in [4.69, 9.17) is 11.6 Å². The maximum absolute atomic E-state index is 13.9. The van der Waals surface area contributed by atoms with Crippen molar-refractivity contribution < 1.29 is 4.39 Å². The molecule has 0 heterocycles. The highest BCUT2D eigenvalue weighted by Gasteiger charge is 2.22. The summed E-state index contributed by atoms with van der Waals surface area (Å²) in [6, 6.07) is 5.64. The van der Waals surface area contributed by atoms with Crippen molar-refractivity contribution >= 4 is 11.6 Å². The van der Waals surface area contributed by atoms with Crippen molar-refractivity contribution in [2.45, 2.75) is 45.1 Å². The Morgan fingerprint density at radius 2 is 2.22 bits per heavy atom. The van der Waals surface area contributed by atoms with Crippen LogP contribution in [0.3, 0.4) is 0 Å². The van der Waals surface area contributed by atoms with Crippen molar-refractivity contribution in [3.8, 4) is 0 Å². The van der Waals surface area contributed by atoms with Crippen molar-refractivity contribution in [1.82, 2.24) is 5.32 Å². The molecule has 1 fully saturated rings. The molecule has 1 saturated carbocycles. The minimum atomic E-state index is -0.254. The van der Waals surface area contributed by atoms with E-state index < -0.39 is 0 Å². The Bertz CT molecular complexity index is 390. The Balaban J connectivity index is 2.00. The topological polar surface area (TPSA) is 12.0 Å². The molecule has 1 aliphatic carbocycles. The third-order valence-electron chi connectivity index (χ3n) is 3.83. The lowest BCUT2D eigenvalue weighted by Crippen LogP contribution is -2.34. The fraction of sp³-hybridized carbons (Fsp3) is 0.600. The van der Waals surface area contributed by atoms with E-state index in [-0.39, 0.29) is 10.8 Å². The molecule has 18 heavy (non-hydrogen) atoms. The normalized spacial score (nSPS) is 17.5. The maximum atomic E-state index is 13.9. The summed E-state index contributed by atoms with van der Waals surface area (Å²) < 4.78 is 13.9. The SMILES string of the molecule is CCNC(Cc1cccc(Cl)c1F)CC1CCC1. The van der Waals surface area contributed by atoms with Gasteiger partial charge in [0.2, 0.25) is 0 Å². The predicted molar refractivity (Wildman–Crippen MR) is 74.5 cm³/mol. The first-order chi connectivity index (χ1) is 8.70. The number of nitrogens with one attached hydrogen (secondary N) is 1. The van der Waals surface area contributed by atoms with Gasteiger partial charge in [0.1, 0.15) is 5.82 Å². The number of hydrogen-bond donors (Lipinski definition) is 1. The van der Waals surface area contributed by atoms with E-state index in [0.717, 1.165) is 30.9 Å². The number of likely N-dealkylation sites (N-methyl/N-ethyl adjacent to an activating group) is 1. The van der Waals surface area contributed by atoms with Gasteiger partial charge < -0.3 is 5.32 Å². The van der Waals surface area contributed by atoms with E-state index in [0.29, 0.717) is 6.04 Å². The predicted octanol–water partition coefficient (Wildman–Crippen LogP) is 4.19. The molecular formula is C15H21ClFN. The second-order valence-corrected chi connectivity index (χ2v) is 5.61. The Morgan fingerprint density at radius 3 is 2.83 bits per heavy atom. The molecule has 0 spiro atoms. The largest absolute Gasteiger partial charge is 0.314 e. The second-order valence-electron chi connectivity index (χ2n) is 5.20. The molecule has 0 saturated heterocycles. The first-order valence-electron chi connectivity index (χ1n) is 6.87. The maximum Gasteiger partial charge on any atom is 0.145 e. The molecule has 1 N–H and O–H groups in total. The number of hydrogen-bond acceptors (Lipinski definition) is 1. The minimum Gasteiger partial charge on any atom is -0.314 e. The zero-order chi connectivity index (χ0) is 13.0. The molecule has 0 radical (unpaired) electrons. The molecule has 100 valence electrons. The van der Waals surface area contributed by atoms with Gasteiger partial charge in [-0.2, -0.15) is 0 Å². The molecule has 3 heteroatoms. The van der Waals surface area contributed by atoms with Gasteiger partial charge in [-0.25, -0.2) is 4.39 Å². The highest BCUT2D eigenvalue weighted by atomic mass is 35.5. The van der Waals surface area contributed by atoms with Gasteiger partial charge in [-0.15, -0.1) is 0 Å². The van der Waals surface area contributed by atoms with Crippen LogP contribution < -0.4 is 5.32 Å². The smallest absolute Gasteiger partial charge is 0.145 e. The summed E-state index contributed by atoms with van der Waals surface area (Å²) in [4.78, 5) is 0. The standard InChI is InChI=1S/C15H21ClFN/c1-2-18-13(9-11-5-3-6-11)10-12-7-4-8-14(16)15(12)17/h4,7-8,11,13,18H,2-3,5-6,9-10H2,1H3. The van der Waals surface area contributed by atoms with Gasteiger partial charge in [0.05, 0.1) is 5.02 Å². The van der Waals surface area contributed by atoms with Crippen molar-refractivity contribution in [1.29, 1.82) is 0 Å². The zero-order valence-corrected chi connectivity index (χ0v) is 11.6. The summed E-state index contributed by atoms with van der Waals surface area (Å²) in [6.07, 6.45) is 5.91. The van der Waals surface area contributed by atoms with E-state index in [9.17, 15) is 4.39 Å². The van der Waals surface area contributed by atoms with Crippen LogP contribution in [0.5, 0.6) is 0 Å². The lowest BCUT2D eigenvalue weighted by molar-refractivity contribution is 0.259. The van der Waals surface area contributed by atoms with Gasteiger partial charge in [0, 0.05) is 6.04 Å². The molecular weight excluding hydrogens is 249 g/mol. The third-order valence-corrected chi connectivity index (χ3v) is 4.13. The monoisotopic (exact) mass is 269 g/mol. The summed E-state index contributed by atoms with van der Waals surface area (Å²) in [7, 11) is 0. The Kier molecular flexibility index (Phi) is 5.02. The Morgan fingerprint density at radius 1 is 1.44 bits per heavy atom. The number of benzene rings is 1. The van der Waals surface area contributed by atoms with Gasteiger partial charge in [-0.1, -0.05) is 49.9 Å². The van der Waals surface area contributed by atoms with E-state index >= 15 is 0 Å². The van der Waals surface area contributed by atoms with Gasteiger partial charge in [-0.3, -0.25) is 0 Å². The van der Waals surface area contributed by atoms with Crippen molar-refractivity contribution in [3.63, 3.8) is 0 Å². The lowest BCUT2D eigenvalue weighted by Gasteiger charge is -2.30. The molecule has 0 aliphatic heterocycles. The van der Waals surface area contributed by atoms with Crippen LogP contribution in [0.1, 0.15) is 38.2 Å². The Hall–Kier alpha value is -0.600. The lowest BCUT2D eigenvalue weighted by atomic mass is 9.80. The van der Waals surface area contributed by atoms with Crippen LogP contribution in [0.4, 0.5) is 4.39 Å². The number of rotatable bonds is 6. The fourth-order valence-electron chi connectivity index (χ4n) is 2.63. The molecule has 0 aromatic heterocycles. The zero-order valence-electron chi connectivity index (χ0n) is 10.9. The molecule has 1 atom stereocenters. The van der Waals surface area contributed by atoms with Crippen LogP contribution in [0.2, 0.25) is 5.02 Å². The van der Waals surface area contributed by atoms with Crippen LogP contribution >= 0.6 is 11.6 Å². The van der Waals surface area contributed by atoms with Crippen LogP contribution in [0.25, 0.3) is 0 Å². The third kappa shape index (κ3) is 3.46. The summed E-state index contributed by atoms with van der Waals surface area (Å²) in [6.45, 7) is 3.03. The van der Waals surface area contributed by atoms with E-state index in [2.05, 4.69) is 12.2 Å². The molecule has 0 bridgehead atoms. The van der Waals surface area contributed by atoms with E-state index in [1.807, 2.05) is 12.1 Å². The first-order valence-corrected chi connectivity index (χ1v) is 7.24.